The summed E-state index contributed by atoms with van der Waals surface area (Å²) in [5, 5.41) is 4.37. The molecule has 2 rings (SSSR count). The number of halogens is 1. The standard InChI is InChI=1S/C12H14ClN3/c1-8-6-11(7-13)4-5-12(8)16-10(3)14-9(2)15-16/h4-6H,7H2,1-3H3. The highest BCUT2D eigenvalue weighted by Crippen LogP contribution is 2.17. The molecule has 0 aliphatic rings. The summed E-state index contributed by atoms with van der Waals surface area (Å²) in [6, 6.07) is 6.14. The maximum atomic E-state index is 5.80. The summed E-state index contributed by atoms with van der Waals surface area (Å²) in [6.45, 7) is 5.91. The van der Waals surface area contributed by atoms with E-state index in [2.05, 4.69) is 23.1 Å². The summed E-state index contributed by atoms with van der Waals surface area (Å²) < 4.78 is 1.86. The molecular formula is C12H14ClN3. The number of hydrogen-bond donors (Lipinski definition) is 0. The molecule has 0 atom stereocenters. The molecule has 0 N–H and O–H groups in total. The Morgan fingerprint density at radius 1 is 1.25 bits per heavy atom. The van der Waals surface area contributed by atoms with Gasteiger partial charge in [-0.15, -0.1) is 11.6 Å². The van der Waals surface area contributed by atoms with Crippen molar-refractivity contribution in [3.63, 3.8) is 0 Å². The number of aryl methyl sites for hydroxylation is 3. The van der Waals surface area contributed by atoms with Gasteiger partial charge in [0.15, 0.2) is 0 Å². The van der Waals surface area contributed by atoms with Gasteiger partial charge in [-0.25, -0.2) is 9.67 Å². The van der Waals surface area contributed by atoms with Crippen LogP contribution in [0.4, 0.5) is 0 Å². The summed E-state index contributed by atoms with van der Waals surface area (Å²) in [5.74, 6) is 2.23. The molecule has 0 amide bonds. The second-order valence-electron chi connectivity index (χ2n) is 3.87. The van der Waals surface area contributed by atoms with Crippen LogP contribution in [0.15, 0.2) is 18.2 Å². The Labute approximate surface area is 100 Å². The molecule has 0 aliphatic heterocycles. The van der Waals surface area contributed by atoms with Crippen LogP contribution < -0.4 is 0 Å². The topological polar surface area (TPSA) is 30.7 Å². The smallest absolute Gasteiger partial charge is 0.148 e. The third-order valence-corrected chi connectivity index (χ3v) is 2.83. The highest BCUT2D eigenvalue weighted by molar-refractivity contribution is 6.17. The van der Waals surface area contributed by atoms with Crippen molar-refractivity contribution in [2.24, 2.45) is 0 Å². The minimum absolute atomic E-state index is 0.538. The lowest BCUT2D eigenvalue weighted by atomic mass is 10.1. The van der Waals surface area contributed by atoms with Gasteiger partial charge in [0.1, 0.15) is 11.6 Å². The second kappa shape index (κ2) is 4.26. The summed E-state index contributed by atoms with van der Waals surface area (Å²) in [5.41, 5.74) is 3.34. The molecule has 0 saturated heterocycles. The van der Waals surface area contributed by atoms with Crippen molar-refractivity contribution in [1.29, 1.82) is 0 Å². The lowest BCUT2D eigenvalue weighted by Gasteiger charge is -2.08. The molecule has 4 heteroatoms. The van der Waals surface area contributed by atoms with Gasteiger partial charge in [-0.1, -0.05) is 12.1 Å². The first-order valence-electron chi connectivity index (χ1n) is 5.18. The zero-order valence-corrected chi connectivity index (χ0v) is 10.4. The predicted octanol–water partition coefficient (Wildman–Crippen LogP) is 2.93. The normalized spacial score (nSPS) is 10.8. The van der Waals surface area contributed by atoms with Crippen LogP contribution in [-0.2, 0) is 5.88 Å². The molecule has 2 aromatic rings. The molecule has 0 fully saturated rings. The fraction of sp³-hybridized carbons (Fsp3) is 0.333. The Kier molecular flexibility index (Phi) is 2.97. The van der Waals surface area contributed by atoms with Crippen molar-refractivity contribution in [2.75, 3.05) is 0 Å². The van der Waals surface area contributed by atoms with E-state index in [1.807, 2.05) is 30.7 Å². The van der Waals surface area contributed by atoms with Gasteiger partial charge in [0.25, 0.3) is 0 Å². The molecular weight excluding hydrogens is 222 g/mol. The summed E-state index contributed by atoms with van der Waals surface area (Å²) in [6.07, 6.45) is 0. The van der Waals surface area contributed by atoms with Gasteiger partial charge in [0.05, 0.1) is 5.69 Å². The average molecular weight is 236 g/mol. The SMILES string of the molecule is Cc1nc(C)n(-c2ccc(CCl)cc2C)n1. The Morgan fingerprint density at radius 2 is 2.00 bits per heavy atom. The molecule has 0 bridgehead atoms. The number of benzene rings is 1. The second-order valence-corrected chi connectivity index (χ2v) is 4.14. The lowest BCUT2D eigenvalue weighted by Crippen LogP contribution is -2.02. The number of hydrogen-bond acceptors (Lipinski definition) is 2. The highest BCUT2D eigenvalue weighted by Gasteiger charge is 2.07. The van der Waals surface area contributed by atoms with E-state index in [0.29, 0.717) is 5.88 Å². The van der Waals surface area contributed by atoms with Crippen LogP contribution in [0.25, 0.3) is 5.69 Å². The summed E-state index contributed by atoms with van der Waals surface area (Å²) in [4.78, 5) is 4.30. The van der Waals surface area contributed by atoms with Crippen molar-refractivity contribution in [3.05, 3.63) is 41.0 Å². The number of rotatable bonds is 2. The number of nitrogens with zero attached hydrogens (tertiary/aromatic N) is 3. The van der Waals surface area contributed by atoms with Crippen molar-refractivity contribution < 1.29 is 0 Å². The van der Waals surface area contributed by atoms with E-state index in [9.17, 15) is 0 Å². The van der Waals surface area contributed by atoms with Crippen LogP contribution in [0.3, 0.4) is 0 Å². The van der Waals surface area contributed by atoms with Gasteiger partial charge in [-0.2, -0.15) is 5.10 Å². The van der Waals surface area contributed by atoms with Crippen LogP contribution in [-0.4, -0.2) is 14.8 Å². The fourth-order valence-corrected chi connectivity index (χ4v) is 1.95. The van der Waals surface area contributed by atoms with E-state index in [0.717, 1.165) is 28.5 Å². The highest BCUT2D eigenvalue weighted by atomic mass is 35.5. The van der Waals surface area contributed by atoms with Gasteiger partial charge in [-0.05, 0) is 38.0 Å². The molecule has 1 heterocycles. The molecule has 0 saturated carbocycles. The van der Waals surface area contributed by atoms with Crippen LogP contribution in [0, 0.1) is 20.8 Å². The van der Waals surface area contributed by atoms with E-state index in [1.54, 1.807) is 0 Å². The minimum Gasteiger partial charge on any atom is -0.218 e. The molecule has 0 aliphatic carbocycles. The van der Waals surface area contributed by atoms with E-state index in [4.69, 9.17) is 11.6 Å². The van der Waals surface area contributed by atoms with Gasteiger partial charge in [-0.3, -0.25) is 0 Å². The Balaban J connectivity index is 2.52. The third-order valence-electron chi connectivity index (χ3n) is 2.52. The first-order valence-corrected chi connectivity index (χ1v) is 5.71. The molecule has 1 aromatic carbocycles. The van der Waals surface area contributed by atoms with Crippen LogP contribution in [0.5, 0.6) is 0 Å². The minimum atomic E-state index is 0.538. The van der Waals surface area contributed by atoms with Crippen LogP contribution in [0.1, 0.15) is 22.8 Å². The Morgan fingerprint density at radius 3 is 2.50 bits per heavy atom. The van der Waals surface area contributed by atoms with Gasteiger partial charge in [0.2, 0.25) is 0 Å². The monoisotopic (exact) mass is 235 g/mol. The molecule has 84 valence electrons. The third kappa shape index (κ3) is 1.95. The van der Waals surface area contributed by atoms with Gasteiger partial charge >= 0.3 is 0 Å². The molecule has 0 unspecified atom stereocenters. The van der Waals surface area contributed by atoms with E-state index >= 15 is 0 Å². The summed E-state index contributed by atoms with van der Waals surface area (Å²) in [7, 11) is 0. The Bertz CT molecular complexity index is 517. The zero-order chi connectivity index (χ0) is 11.7. The largest absolute Gasteiger partial charge is 0.218 e. The first kappa shape index (κ1) is 11.1. The van der Waals surface area contributed by atoms with Gasteiger partial charge in [0, 0.05) is 5.88 Å². The molecule has 0 spiro atoms. The van der Waals surface area contributed by atoms with Crippen molar-refractivity contribution in [1.82, 2.24) is 14.8 Å². The van der Waals surface area contributed by atoms with Crippen molar-refractivity contribution in [2.45, 2.75) is 26.7 Å². The van der Waals surface area contributed by atoms with Crippen molar-refractivity contribution in [3.8, 4) is 5.69 Å². The van der Waals surface area contributed by atoms with Gasteiger partial charge < -0.3 is 0 Å². The average Bonchev–Trinajstić information content (AvgIpc) is 2.57. The quantitative estimate of drug-likeness (QED) is 0.750. The van der Waals surface area contributed by atoms with Crippen LogP contribution >= 0.6 is 11.6 Å². The molecule has 1 aromatic heterocycles. The molecule has 16 heavy (non-hydrogen) atoms. The summed E-state index contributed by atoms with van der Waals surface area (Å²) >= 11 is 5.80. The first-order chi connectivity index (χ1) is 7.61. The fourth-order valence-electron chi connectivity index (χ4n) is 1.79. The molecule has 0 radical (unpaired) electrons. The zero-order valence-electron chi connectivity index (χ0n) is 9.66. The lowest BCUT2D eigenvalue weighted by molar-refractivity contribution is 0.824. The van der Waals surface area contributed by atoms with Crippen LogP contribution in [0.2, 0.25) is 0 Å². The predicted molar refractivity (Wildman–Crippen MR) is 65.1 cm³/mol. The van der Waals surface area contributed by atoms with Crippen molar-refractivity contribution >= 4 is 11.6 Å². The maximum Gasteiger partial charge on any atom is 0.148 e. The maximum absolute atomic E-state index is 5.80. The number of aromatic nitrogens is 3. The van der Waals surface area contributed by atoms with E-state index < -0.39 is 0 Å². The number of alkyl halides is 1. The van der Waals surface area contributed by atoms with E-state index in [-0.39, 0.29) is 0 Å². The Hall–Kier alpha value is -1.35. The molecule has 3 nitrogen and oxygen atoms in total. The van der Waals surface area contributed by atoms with E-state index in [1.165, 1.54) is 0 Å².